The van der Waals surface area contributed by atoms with Crippen molar-refractivity contribution in [3.63, 3.8) is 0 Å². The number of piperidine rings is 1. The van der Waals surface area contributed by atoms with Crippen LogP contribution in [0.5, 0.6) is 11.5 Å². The summed E-state index contributed by atoms with van der Waals surface area (Å²) in [6, 6.07) is 12.8. The standard InChI is InChI=1S/C25H23F3N4O3/c1-2-34-20-7-8-22-21(13-20)23(17(14-29)15-30-22)32-11-9-16(10-12-32)24(33)31-18-3-5-19(6-4-18)35-25(26,27)28/h3-8,13,15-16H,2,9-12H2,1H3,(H,31,33). The number of hydrogen-bond donors (Lipinski definition) is 1. The summed E-state index contributed by atoms with van der Waals surface area (Å²) in [5, 5.41) is 13.3. The SMILES string of the molecule is CCOc1ccc2ncc(C#N)c(N3CCC(C(=O)Nc4ccc(OC(F)(F)F)cc4)CC3)c2c1. The molecule has 1 aliphatic heterocycles. The van der Waals surface area contributed by atoms with Crippen molar-refractivity contribution in [1.82, 2.24) is 4.98 Å². The van der Waals surface area contributed by atoms with Gasteiger partial charge in [-0.1, -0.05) is 0 Å². The Morgan fingerprint density at radius 3 is 2.49 bits per heavy atom. The maximum absolute atomic E-state index is 12.8. The molecule has 4 rings (SSSR count). The van der Waals surface area contributed by atoms with Crippen molar-refractivity contribution in [2.75, 3.05) is 29.9 Å². The zero-order chi connectivity index (χ0) is 25.0. The normalized spacial score (nSPS) is 14.4. The van der Waals surface area contributed by atoms with E-state index in [9.17, 15) is 23.2 Å². The molecule has 1 amide bonds. The number of anilines is 2. The molecule has 1 saturated heterocycles. The molecular formula is C25H23F3N4O3. The number of halogens is 3. The van der Waals surface area contributed by atoms with Crippen molar-refractivity contribution in [3.05, 3.63) is 54.2 Å². The predicted molar refractivity (Wildman–Crippen MR) is 124 cm³/mol. The molecule has 1 aromatic heterocycles. The van der Waals surface area contributed by atoms with Gasteiger partial charge in [0.05, 0.1) is 23.4 Å². The first kappa shape index (κ1) is 24.1. The van der Waals surface area contributed by atoms with Crippen LogP contribution in [0.4, 0.5) is 24.5 Å². The summed E-state index contributed by atoms with van der Waals surface area (Å²) in [4.78, 5) is 19.2. The van der Waals surface area contributed by atoms with E-state index in [1.54, 1.807) is 6.20 Å². The second-order valence-corrected chi connectivity index (χ2v) is 8.07. The van der Waals surface area contributed by atoms with E-state index in [0.717, 1.165) is 28.7 Å². The van der Waals surface area contributed by atoms with Crippen LogP contribution in [0.2, 0.25) is 0 Å². The van der Waals surface area contributed by atoms with E-state index in [1.807, 2.05) is 25.1 Å². The first-order valence-corrected chi connectivity index (χ1v) is 11.1. The number of benzene rings is 2. The third-order valence-electron chi connectivity index (χ3n) is 5.78. The molecule has 1 aliphatic rings. The number of rotatable bonds is 6. The Kier molecular flexibility index (Phi) is 6.96. The van der Waals surface area contributed by atoms with Crippen molar-refractivity contribution < 1.29 is 27.4 Å². The average molecular weight is 484 g/mol. The Balaban J connectivity index is 1.44. The fourth-order valence-electron chi connectivity index (χ4n) is 4.19. The summed E-state index contributed by atoms with van der Waals surface area (Å²) in [5.74, 6) is -0.129. The molecule has 0 bridgehead atoms. The molecule has 0 radical (unpaired) electrons. The molecule has 7 nitrogen and oxygen atoms in total. The van der Waals surface area contributed by atoms with E-state index in [1.165, 1.54) is 12.1 Å². The van der Waals surface area contributed by atoms with Gasteiger partial charge in [0.15, 0.2) is 0 Å². The van der Waals surface area contributed by atoms with Crippen molar-refractivity contribution in [2.45, 2.75) is 26.1 Å². The highest BCUT2D eigenvalue weighted by Crippen LogP contribution is 2.35. The molecule has 3 aromatic rings. The summed E-state index contributed by atoms with van der Waals surface area (Å²) >= 11 is 0. The lowest BCUT2D eigenvalue weighted by atomic mass is 9.94. The maximum Gasteiger partial charge on any atom is 0.573 e. The number of carbonyl (C=O) groups is 1. The molecule has 0 saturated carbocycles. The van der Waals surface area contributed by atoms with Crippen molar-refractivity contribution in [1.29, 1.82) is 5.26 Å². The second-order valence-electron chi connectivity index (χ2n) is 8.07. The average Bonchev–Trinajstić information content (AvgIpc) is 2.84. The first-order chi connectivity index (χ1) is 16.8. The molecule has 10 heteroatoms. The van der Waals surface area contributed by atoms with E-state index in [0.29, 0.717) is 49.5 Å². The zero-order valence-corrected chi connectivity index (χ0v) is 18.9. The van der Waals surface area contributed by atoms with E-state index in [-0.39, 0.29) is 17.6 Å². The number of amides is 1. The van der Waals surface area contributed by atoms with Crippen LogP contribution in [0.3, 0.4) is 0 Å². The Bertz CT molecular complexity index is 1250. The number of carbonyl (C=O) groups excluding carboxylic acids is 1. The lowest BCUT2D eigenvalue weighted by Gasteiger charge is -2.34. The van der Waals surface area contributed by atoms with Crippen LogP contribution in [0, 0.1) is 17.2 Å². The molecule has 1 fully saturated rings. The summed E-state index contributed by atoms with van der Waals surface area (Å²) in [6.45, 7) is 3.53. The van der Waals surface area contributed by atoms with Gasteiger partial charge in [0.25, 0.3) is 0 Å². The number of nitriles is 1. The third-order valence-corrected chi connectivity index (χ3v) is 5.78. The highest BCUT2D eigenvalue weighted by Gasteiger charge is 2.31. The van der Waals surface area contributed by atoms with Gasteiger partial charge in [0.2, 0.25) is 5.91 Å². The largest absolute Gasteiger partial charge is 0.573 e. The van der Waals surface area contributed by atoms with Gasteiger partial charge in [-0.2, -0.15) is 5.26 Å². The van der Waals surface area contributed by atoms with E-state index >= 15 is 0 Å². The fourth-order valence-corrected chi connectivity index (χ4v) is 4.19. The highest BCUT2D eigenvalue weighted by atomic mass is 19.4. The van der Waals surface area contributed by atoms with Crippen LogP contribution >= 0.6 is 0 Å². The van der Waals surface area contributed by atoms with Gasteiger partial charge < -0.3 is 19.7 Å². The smallest absolute Gasteiger partial charge is 0.494 e. The summed E-state index contributed by atoms with van der Waals surface area (Å²) < 4.78 is 46.4. The van der Waals surface area contributed by atoms with Gasteiger partial charge in [0, 0.05) is 36.3 Å². The molecule has 0 spiro atoms. The predicted octanol–water partition coefficient (Wildman–Crippen LogP) is 5.26. The van der Waals surface area contributed by atoms with E-state index in [4.69, 9.17) is 4.74 Å². The van der Waals surface area contributed by atoms with Gasteiger partial charge in [-0.3, -0.25) is 9.78 Å². The number of nitrogens with zero attached hydrogens (tertiary/aromatic N) is 3. The summed E-state index contributed by atoms with van der Waals surface area (Å²) in [7, 11) is 0. The summed E-state index contributed by atoms with van der Waals surface area (Å²) in [6.07, 6.45) is -2.10. The van der Waals surface area contributed by atoms with Gasteiger partial charge in [-0.25, -0.2) is 0 Å². The van der Waals surface area contributed by atoms with Crippen LogP contribution in [-0.4, -0.2) is 36.9 Å². The Hall–Kier alpha value is -4.00. The molecule has 0 unspecified atom stereocenters. The number of aromatic nitrogens is 1. The number of fused-ring (bicyclic) bond motifs is 1. The Morgan fingerprint density at radius 2 is 1.86 bits per heavy atom. The van der Waals surface area contributed by atoms with Crippen LogP contribution in [-0.2, 0) is 4.79 Å². The quantitative estimate of drug-likeness (QED) is 0.514. The minimum absolute atomic E-state index is 0.201. The number of pyridine rings is 1. The van der Waals surface area contributed by atoms with Crippen molar-refractivity contribution in [3.8, 4) is 17.6 Å². The topological polar surface area (TPSA) is 87.5 Å². The molecule has 2 aromatic carbocycles. The Labute approximate surface area is 200 Å². The fraction of sp³-hybridized carbons (Fsp3) is 0.320. The monoisotopic (exact) mass is 484 g/mol. The first-order valence-electron chi connectivity index (χ1n) is 11.1. The number of alkyl halides is 3. The lowest BCUT2D eigenvalue weighted by molar-refractivity contribution is -0.274. The molecular weight excluding hydrogens is 461 g/mol. The number of ether oxygens (including phenoxy) is 2. The zero-order valence-electron chi connectivity index (χ0n) is 18.9. The van der Waals surface area contributed by atoms with Gasteiger partial charge in [0.1, 0.15) is 17.6 Å². The molecule has 0 atom stereocenters. The minimum atomic E-state index is -4.77. The van der Waals surface area contributed by atoms with Crippen LogP contribution < -0.4 is 19.7 Å². The van der Waals surface area contributed by atoms with Crippen molar-refractivity contribution >= 4 is 28.2 Å². The van der Waals surface area contributed by atoms with E-state index < -0.39 is 6.36 Å². The van der Waals surface area contributed by atoms with Crippen LogP contribution in [0.25, 0.3) is 10.9 Å². The third kappa shape index (κ3) is 5.74. The van der Waals surface area contributed by atoms with Crippen LogP contribution in [0.1, 0.15) is 25.3 Å². The Morgan fingerprint density at radius 1 is 1.17 bits per heavy atom. The number of nitrogens with one attached hydrogen (secondary N) is 1. The molecule has 1 N–H and O–H groups in total. The lowest BCUT2D eigenvalue weighted by Crippen LogP contribution is -2.38. The maximum atomic E-state index is 12.8. The van der Waals surface area contributed by atoms with Gasteiger partial charge in [-0.05, 0) is 62.2 Å². The van der Waals surface area contributed by atoms with Gasteiger partial charge >= 0.3 is 6.36 Å². The molecule has 0 aliphatic carbocycles. The molecule has 2 heterocycles. The van der Waals surface area contributed by atoms with Crippen LogP contribution in [0.15, 0.2) is 48.7 Å². The highest BCUT2D eigenvalue weighted by molar-refractivity contribution is 5.96. The molecule has 182 valence electrons. The minimum Gasteiger partial charge on any atom is -0.494 e. The van der Waals surface area contributed by atoms with Crippen molar-refractivity contribution in [2.24, 2.45) is 5.92 Å². The number of hydrogen-bond acceptors (Lipinski definition) is 6. The molecule has 35 heavy (non-hydrogen) atoms. The summed E-state index contributed by atoms with van der Waals surface area (Å²) in [5.41, 5.74) is 2.37. The van der Waals surface area contributed by atoms with Gasteiger partial charge in [-0.15, -0.1) is 13.2 Å². The second kappa shape index (κ2) is 10.1. The van der Waals surface area contributed by atoms with E-state index in [2.05, 4.69) is 26.0 Å².